The van der Waals surface area contributed by atoms with Crippen molar-refractivity contribution in [2.24, 2.45) is 5.84 Å². The minimum absolute atomic E-state index is 0.148. The Morgan fingerprint density at radius 1 is 1.33 bits per heavy atom. The molecule has 30 heavy (non-hydrogen) atoms. The van der Waals surface area contributed by atoms with Crippen molar-refractivity contribution in [2.75, 3.05) is 13.1 Å². The van der Waals surface area contributed by atoms with Crippen LogP contribution in [0.1, 0.15) is 57.2 Å². The normalized spacial score (nSPS) is 28.6. The number of carbonyl (C=O) groups is 2. The second-order valence-corrected chi connectivity index (χ2v) is 8.94. The van der Waals surface area contributed by atoms with E-state index in [2.05, 4.69) is 11.1 Å². The highest BCUT2D eigenvalue weighted by Gasteiger charge is 2.58. The minimum atomic E-state index is -0.865. The average Bonchev–Trinajstić information content (AvgIpc) is 3.31. The van der Waals surface area contributed by atoms with Gasteiger partial charge in [-0.3, -0.25) is 9.78 Å². The summed E-state index contributed by atoms with van der Waals surface area (Å²) in [5.74, 6) is 5.99. The van der Waals surface area contributed by atoms with E-state index in [1.54, 1.807) is 32.9 Å². The first-order valence-corrected chi connectivity index (χ1v) is 10.0. The number of ether oxygens (including phenoxy) is 1. The summed E-state index contributed by atoms with van der Waals surface area (Å²) < 4.78 is 4.87. The Morgan fingerprint density at radius 2 is 2.07 bits per heavy atom. The van der Waals surface area contributed by atoms with Gasteiger partial charge in [0.15, 0.2) is 6.04 Å². The third kappa shape index (κ3) is 4.13. The van der Waals surface area contributed by atoms with Crippen molar-refractivity contribution >= 4 is 12.0 Å². The molecule has 2 amide bonds. The number of carbonyl (C=O) groups excluding carboxylic acids is 2. The van der Waals surface area contributed by atoms with E-state index >= 15 is 0 Å². The molecular weight excluding hydrogens is 384 g/mol. The molecule has 2 aliphatic heterocycles. The molecule has 4 atom stereocenters. The summed E-state index contributed by atoms with van der Waals surface area (Å²) in [5.41, 5.74) is 0.334. The van der Waals surface area contributed by atoms with Gasteiger partial charge in [0.05, 0.1) is 17.6 Å². The number of rotatable bonds is 2. The van der Waals surface area contributed by atoms with Crippen molar-refractivity contribution in [1.82, 2.24) is 9.88 Å². The van der Waals surface area contributed by atoms with Crippen LogP contribution in [0.4, 0.5) is 4.79 Å². The molecule has 1 aromatic rings. The summed E-state index contributed by atoms with van der Waals surface area (Å²) in [7, 11) is 0. The molecule has 3 rings (SSSR count). The predicted octanol–water partition coefficient (Wildman–Crippen LogP) is 1.95. The van der Waals surface area contributed by atoms with Crippen molar-refractivity contribution < 1.29 is 18.9 Å². The summed E-state index contributed by atoms with van der Waals surface area (Å²) in [4.78, 5) is 32.3. The Bertz CT molecular complexity index is 911. The molecule has 0 bridgehead atoms. The number of nitriles is 2. The quantitative estimate of drug-likeness (QED) is 0.447. The Kier molecular flexibility index (Phi) is 5.80. The van der Waals surface area contributed by atoms with E-state index in [-0.39, 0.29) is 18.4 Å². The largest absolute Gasteiger partial charge is 0.536 e. The predicted molar refractivity (Wildman–Crippen MR) is 106 cm³/mol. The van der Waals surface area contributed by atoms with Gasteiger partial charge in [-0.25, -0.2) is 0 Å². The molecule has 2 aliphatic rings. The summed E-state index contributed by atoms with van der Waals surface area (Å²) >= 11 is 0. The van der Waals surface area contributed by atoms with Crippen LogP contribution in [0.2, 0.25) is 0 Å². The number of hydrogen-bond donors (Lipinski definition) is 1. The average molecular weight is 411 g/mol. The molecule has 0 aromatic carbocycles. The highest BCUT2D eigenvalue weighted by Crippen LogP contribution is 2.37. The van der Waals surface area contributed by atoms with Crippen molar-refractivity contribution in [3.8, 4) is 12.1 Å². The number of hydrogen-bond acceptors (Lipinski definition) is 7. The third-order valence-corrected chi connectivity index (χ3v) is 5.62. The van der Waals surface area contributed by atoms with E-state index in [0.717, 1.165) is 6.42 Å². The van der Waals surface area contributed by atoms with Crippen LogP contribution in [0.15, 0.2) is 18.3 Å². The number of amides is 2. The fraction of sp³-hybridized carbons (Fsp3) is 0.571. The Morgan fingerprint density at radius 3 is 2.63 bits per heavy atom. The van der Waals surface area contributed by atoms with Crippen LogP contribution in [0, 0.1) is 22.7 Å². The smallest absolute Gasteiger partial charge is 0.413 e. The van der Waals surface area contributed by atoms with E-state index in [0.29, 0.717) is 30.6 Å². The Labute approximate surface area is 176 Å². The van der Waals surface area contributed by atoms with E-state index in [4.69, 9.17) is 15.8 Å². The van der Waals surface area contributed by atoms with Crippen LogP contribution >= 0.6 is 0 Å². The van der Waals surface area contributed by atoms with Crippen molar-refractivity contribution in [1.29, 1.82) is 10.5 Å². The van der Waals surface area contributed by atoms with E-state index in [1.807, 2.05) is 6.07 Å². The van der Waals surface area contributed by atoms with Gasteiger partial charge in [-0.1, -0.05) is 0 Å². The van der Waals surface area contributed by atoms with Gasteiger partial charge in [0.25, 0.3) is 5.91 Å². The SMILES string of the molecule is CC(C)(C)OC(=O)[N@+]1(N)C[C@@H](c2ccc(C#N)cn2)C[C@H]1C(=O)N1CCCC1C#N. The zero-order valence-corrected chi connectivity index (χ0v) is 17.5. The van der Waals surface area contributed by atoms with Gasteiger partial charge in [-0.05, 0) is 45.7 Å². The number of aromatic nitrogens is 1. The zero-order chi connectivity index (χ0) is 22.1. The monoisotopic (exact) mass is 411 g/mol. The molecule has 9 heteroatoms. The lowest BCUT2D eigenvalue weighted by atomic mass is 10.00. The van der Waals surface area contributed by atoms with E-state index in [1.165, 1.54) is 11.1 Å². The first-order valence-electron chi connectivity index (χ1n) is 10.0. The first-order chi connectivity index (χ1) is 14.1. The third-order valence-electron chi connectivity index (χ3n) is 5.62. The maximum Gasteiger partial charge on any atom is 0.536 e. The molecule has 1 aromatic heterocycles. The molecule has 2 saturated heterocycles. The molecule has 0 spiro atoms. The maximum atomic E-state index is 13.4. The number of pyridine rings is 1. The fourth-order valence-corrected chi connectivity index (χ4v) is 4.15. The summed E-state index contributed by atoms with van der Waals surface area (Å²) in [6.45, 7) is 5.86. The summed E-state index contributed by atoms with van der Waals surface area (Å²) in [5, 5.41) is 18.4. The van der Waals surface area contributed by atoms with Crippen LogP contribution < -0.4 is 5.84 Å². The standard InChI is InChI=1S/C21H27N6O3/c1-21(2,3)30-20(29)27(24)13-15(17-7-6-14(10-22)12-25-17)9-18(27)19(28)26-8-4-5-16(26)11-23/h6-7,12,15-16,18H,4-5,8-9,13,24H2,1-3H3/q+1/t15-,16?,18-,27-/m0/s1. The van der Waals surface area contributed by atoms with Gasteiger partial charge < -0.3 is 9.64 Å². The molecule has 0 radical (unpaired) electrons. The molecule has 0 aliphatic carbocycles. The first kappa shape index (κ1) is 21.7. The number of nitrogens with two attached hydrogens (primary N) is 1. The van der Waals surface area contributed by atoms with Crippen LogP contribution in [-0.2, 0) is 9.53 Å². The molecule has 9 nitrogen and oxygen atoms in total. The van der Waals surface area contributed by atoms with Crippen molar-refractivity contribution in [3.05, 3.63) is 29.6 Å². The van der Waals surface area contributed by atoms with Gasteiger partial charge in [0.2, 0.25) is 0 Å². The molecule has 1 unspecified atom stereocenters. The van der Waals surface area contributed by atoms with Crippen LogP contribution in [0.25, 0.3) is 0 Å². The van der Waals surface area contributed by atoms with Crippen LogP contribution in [0.5, 0.6) is 0 Å². The lowest BCUT2D eigenvalue weighted by Gasteiger charge is -2.34. The fourth-order valence-electron chi connectivity index (χ4n) is 4.15. The molecule has 0 saturated carbocycles. The lowest BCUT2D eigenvalue weighted by molar-refractivity contribution is -0.874. The molecule has 2 N–H and O–H groups in total. The maximum absolute atomic E-state index is 13.4. The van der Waals surface area contributed by atoms with Gasteiger partial charge >= 0.3 is 6.09 Å². The topological polar surface area (TPSA) is 133 Å². The second-order valence-electron chi connectivity index (χ2n) is 8.94. The summed E-state index contributed by atoms with van der Waals surface area (Å²) in [6.07, 6.45) is 2.46. The highest BCUT2D eigenvalue weighted by atomic mass is 16.6. The van der Waals surface area contributed by atoms with Gasteiger partial charge in [0, 0.05) is 24.9 Å². The van der Waals surface area contributed by atoms with Gasteiger partial charge in [0.1, 0.15) is 24.3 Å². The molecule has 3 heterocycles. The molecular formula is C21H27N6O3+. The summed E-state index contributed by atoms with van der Waals surface area (Å²) in [6, 6.07) is 6.20. The molecule has 158 valence electrons. The second kappa shape index (κ2) is 8.02. The van der Waals surface area contributed by atoms with E-state index in [9.17, 15) is 14.9 Å². The van der Waals surface area contributed by atoms with Crippen molar-refractivity contribution in [3.63, 3.8) is 0 Å². The minimum Gasteiger partial charge on any atom is -0.413 e. The highest BCUT2D eigenvalue weighted by molar-refractivity contribution is 5.84. The Hall–Kier alpha value is -3.01. The molecule has 2 fully saturated rings. The van der Waals surface area contributed by atoms with Crippen LogP contribution in [0.3, 0.4) is 0 Å². The van der Waals surface area contributed by atoms with E-state index < -0.39 is 28.4 Å². The number of nitrogens with zero attached hydrogens (tertiary/aromatic N) is 5. The Balaban J connectivity index is 1.93. The van der Waals surface area contributed by atoms with Crippen LogP contribution in [-0.4, -0.2) is 57.3 Å². The van der Waals surface area contributed by atoms with Gasteiger partial charge in [-0.2, -0.15) is 21.2 Å². The van der Waals surface area contributed by atoms with Gasteiger partial charge in [-0.15, -0.1) is 4.59 Å². The number of likely N-dealkylation sites (tertiary alicyclic amines) is 2. The van der Waals surface area contributed by atoms with Crippen molar-refractivity contribution in [2.45, 2.75) is 63.6 Å². The zero-order valence-electron chi connectivity index (χ0n) is 17.5. The number of quaternary nitrogens is 1. The lowest BCUT2D eigenvalue weighted by Crippen LogP contribution is -2.66.